The maximum Gasteiger partial charge on any atom is 0.246 e. The van der Waals surface area contributed by atoms with Gasteiger partial charge in [-0.25, -0.2) is 4.98 Å². The third-order valence-corrected chi connectivity index (χ3v) is 16.9. The van der Waals surface area contributed by atoms with Crippen LogP contribution in [-0.2, 0) is 44.9 Å². The van der Waals surface area contributed by atoms with Crippen LogP contribution in [0.4, 0.5) is 0 Å². The van der Waals surface area contributed by atoms with Crippen molar-refractivity contribution >= 4 is 58.6 Å². The normalized spacial score (nSPS) is 20.0. The maximum atomic E-state index is 14.1. The Balaban J connectivity index is 0.801. The van der Waals surface area contributed by atoms with Gasteiger partial charge < -0.3 is 46.8 Å². The molecule has 0 aliphatic carbocycles. The van der Waals surface area contributed by atoms with Crippen LogP contribution in [0.25, 0.3) is 10.4 Å². The molecule has 3 saturated heterocycles. The fraction of sp³-hybridized carbons (Fsp3) is 0.532. The van der Waals surface area contributed by atoms with Gasteiger partial charge in [-0.1, -0.05) is 145 Å². The summed E-state index contributed by atoms with van der Waals surface area (Å²) in [7, 11) is 0. The molecule has 7 atom stereocenters. The molecular formula is C62H83N9O9S. The van der Waals surface area contributed by atoms with Crippen LogP contribution in [0.2, 0.25) is 0 Å². The molecule has 3 fully saturated rings. The molecule has 0 unspecified atom stereocenters. The van der Waals surface area contributed by atoms with Gasteiger partial charge in [0.2, 0.25) is 47.3 Å². The monoisotopic (exact) mass is 1130 g/mol. The van der Waals surface area contributed by atoms with E-state index in [0.29, 0.717) is 45.1 Å². The molecule has 0 spiro atoms. The first-order chi connectivity index (χ1) is 38.8. The van der Waals surface area contributed by atoms with Crippen molar-refractivity contribution < 1.29 is 43.5 Å². The summed E-state index contributed by atoms with van der Waals surface area (Å²) in [5.74, 6) is -3.31. The Kier molecular flexibility index (Phi) is 22.2. The van der Waals surface area contributed by atoms with E-state index in [-0.39, 0.29) is 75.0 Å². The number of aryl methyl sites for hydroxylation is 1. The Morgan fingerprint density at radius 1 is 0.753 bits per heavy atom. The minimum atomic E-state index is -1.09. The zero-order valence-corrected chi connectivity index (χ0v) is 48.5. The van der Waals surface area contributed by atoms with Crippen molar-refractivity contribution in [2.75, 3.05) is 19.6 Å². The number of aromatic nitrogens is 1. The second kappa shape index (κ2) is 29.1. The Labute approximate surface area is 480 Å². The molecule has 436 valence electrons. The van der Waals surface area contributed by atoms with Crippen molar-refractivity contribution in [3.05, 3.63) is 113 Å². The number of β-amino-alcohol motifs (C(OH)–C–C–N with tert-alkyl or cyclic N) is 1. The number of amides is 8. The van der Waals surface area contributed by atoms with Gasteiger partial charge in [-0.3, -0.25) is 38.4 Å². The Hall–Kier alpha value is -6.99. The van der Waals surface area contributed by atoms with E-state index in [2.05, 4.69) is 26.3 Å². The van der Waals surface area contributed by atoms with Crippen molar-refractivity contribution in [3.63, 3.8) is 0 Å². The molecule has 7 rings (SSSR count). The van der Waals surface area contributed by atoms with Crippen LogP contribution in [0.5, 0.6) is 0 Å². The molecule has 0 bridgehead atoms. The minimum absolute atomic E-state index is 0.000548. The molecule has 1 aromatic heterocycles. The zero-order valence-electron chi connectivity index (χ0n) is 47.7. The molecule has 0 saturated carbocycles. The van der Waals surface area contributed by atoms with Crippen LogP contribution in [-0.4, -0.2) is 128 Å². The number of fused-ring (bicyclic) bond motifs is 1. The number of rotatable bonds is 25. The van der Waals surface area contributed by atoms with E-state index in [9.17, 15) is 43.5 Å². The first-order valence-electron chi connectivity index (χ1n) is 28.9. The molecule has 3 aliphatic rings. The van der Waals surface area contributed by atoms with E-state index in [1.807, 2.05) is 118 Å². The van der Waals surface area contributed by atoms with E-state index >= 15 is 0 Å². The fourth-order valence-electron chi connectivity index (χ4n) is 11.4. The number of carbonyl (C=O) groups is 8. The van der Waals surface area contributed by atoms with Gasteiger partial charge in [-0.2, -0.15) is 0 Å². The predicted octanol–water partition coefficient (Wildman–Crippen LogP) is 6.62. The van der Waals surface area contributed by atoms with Crippen molar-refractivity contribution in [2.24, 2.45) is 17.1 Å². The van der Waals surface area contributed by atoms with Crippen LogP contribution in [0.15, 0.2) is 90.4 Å². The summed E-state index contributed by atoms with van der Waals surface area (Å²) in [5.41, 5.74) is 11.2. The van der Waals surface area contributed by atoms with Crippen LogP contribution in [0.1, 0.15) is 152 Å². The molecule has 81 heavy (non-hydrogen) atoms. The number of aliphatic hydroxyl groups is 1. The lowest BCUT2D eigenvalue weighted by atomic mass is 9.85. The summed E-state index contributed by atoms with van der Waals surface area (Å²) in [6.07, 6.45) is 7.02. The van der Waals surface area contributed by atoms with E-state index in [1.54, 1.807) is 28.1 Å². The first kappa shape index (κ1) is 61.6. The number of thiazole rings is 1. The molecule has 0 radical (unpaired) electrons. The zero-order chi connectivity index (χ0) is 58.2. The molecule has 3 aliphatic heterocycles. The number of carbonyl (C=O) groups excluding carboxylic acids is 8. The standard InChI is InChI=1S/C62H83N9O9S/c1-40-37-69(34-33-46-29-31-49(71(46)60(40)79)59(78)66-48(30-32-51(63)73)57(76)68-54(43-19-13-11-14-20-43)44-21-15-12-16-22-44)53(75)24-18-10-8-6-7-9-17-23-52(74)67-56(62(3,4)5)61(80)70-38-47(72)35-50(70)58(77)64-36-42-25-27-45(28-26-42)55-41(2)65-39-81-55/h11-16,19-22,25-28,39-40,46-50,54,56,72H,6-10,17-18,23-24,29-38H2,1-5H3,(H2,63,73)(H,64,77)(H,66,78)(H,67,74)(H,68,76)/t40-,46+,47+,48-,49-,50-,56+/m0/s1. The van der Waals surface area contributed by atoms with E-state index in [4.69, 9.17) is 5.73 Å². The topological polar surface area (TPSA) is 254 Å². The lowest BCUT2D eigenvalue weighted by molar-refractivity contribution is -0.147. The van der Waals surface area contributed by atoms with Gasteiger partial charge in [0.05, 0.1) is 34.1 Å². The fourth-order valence-corrected chi connectivity index (χ4v) is 12.2. The molecule has 4 aromatic rings. The molecule has 4 heterocycles. The maximum absolute atomic E-state index is 14.1. The van der Waals surface area contributed by atoms with Crippen molar-refractivity contribution in [1.29, 1.82) is 0 Å². The Bertz CT molecular complexity index is 2750. The summed E-state index contributed by atoms with van der Waals surface area (Å²) < 4.78 is 0. The Morgan fingerprint density at radius 3 is 1.99 bits per heavy atom. The van der Waals surface area contributed by atoms with Crippen LogP contribution in [0.3, 0.4) is 0 Å². The Morgan fingerprint density at radius 2 is 1.38 bits per heavy atom. The summed E-state index contributed by atoms with van der Waals surface area (Å²) in [5, 5.41) is 22.5. The van der Waals surface area contributed by atoms with Crippen molar-refractivity contribution in [1.82, 2.24) is 41.0 Å². The molecule has 8 amide bonds. The third kappa shape index (κ3) is 17.0. The number of nitrogens with two attached hydrogens (primary N) is 1. The van der Waals surface area contributed by atoms with Crippen LogP contribution in [0, 0.1) is 18.3 Å². The SMILES string of the molecule is Cc1ncsc1-c1ccc(CNC(=O)[C@@H]2C[C@@H](O)CN2C(=O)[C@@H](NC(=O)CCCCCCCCCC(=O)N2CC[C@H]3CC[C@@H](C(=O)N[C@@H](CCC(N)=O)C(=O)NC(c4ccccc4)c4ccccc4)N3C(=O)[C@@H](C)C2)C(C)(C)C)cc1. The van der Waals surface area contributed by atoms with Gasteiger partial charge >= 0.3 is 0 Å². The second-order valence-corrected chi connectivity index (χ2v) is 24.1. The summed E-state index contributed by atoms with van der Waals surface area (Å²) in [6, 6.07) is 22.4. The number of hydrogen-bond acceptors (Lipinski definition) is 11. The number of likely N-dealkylation sites (tertiary alicyclic amines) is 1. The van der Waals surface area contributed by atoms with Crippen LogP contribution >= 0.6 is 11.3 Å². The number of primary amides is 1. The third-order valence-electron chi connectivity index (χ3n) is 15.9. The second-order valence-electron chi connectivity index (χ2n) is 23.3. The van der Waals surface area contributed by atoms with Gasteiger partial charge in [0, 0.05) is 57.9 Å². The number of hydrogen-bond donors (Lipinski definition) is 6. The molecule has 7 N–H and O–H groups in total. The van der Waals surface area contributed by atoms with Crippen LogP contribution < -0.4 is 27.0 Å². The van der Waals surface area contributed by atoms with Crippen molar-refractivity contribution in [3.8, 4) is 10.4 Å². The predicted molar refractivity (Wildman–Crippen MR) is 310 cm³/mol. The largest absolute Gasteiger partial charge is 0.391 e. The molecule has 3 aromatic carbocycles. The highest BCUT2D eigenvalue weighted by atomic mass is 32.1. The van der Waals surface area contributed by atoms with Crippen molar-refractivity contribution in [2.45, 2.75) is 180 Å². The molecule has 18 nitrogen and oxygen atoms in total. The minimum Gasteiger partial charge on any atom is -0.391 e. The smallest absolute Gasteiger partial charge is 0.246 e. The number of nitrogens with zero attached hydrogens (tertiary/aromatic N) is 4. The lowest BCUT2D eigenvalue weighted by Crippen LogP contribution is -2.57. The van der Waals surface area contributed by atoms with Gasteiger partial charge in [0.15, 0.2) is 0 Å². The highest BCUT2D eigenvalue weighted by Gasteiger charge is 2.46. The number of unbranched alkanes of at least 4 members (excludes halogenated alkanes) is 6. The highest BCUT2D eigenvalue weighted by molar-refractivity contribution is 7.13. The summed E-state index contributed by atoms with van der Waals surface area (Å²) in [4.78, 5) is 119. The number of aliphatic hydroxyl groups excluding tert-OH is 1. The number of nitrogens with one attached hydrogen (secondary N) is 4. The van der Waals surface area contributed by atoms with Gasteiger partial charge in [0.1, 0.15) is 24.2 Å². The molecule has 19 heteroatoms. The van der Waals surface area contributed by atoms with Gasteiger partial charge in [-0.05, 0) is 73.1 Å². The average Bonchev–Trinajstić information content (AvgIpc) is 4.44. The summed E-state index contributed by atoms with van der Waals surface area (Å²) in [6.45, 7) is 10.3. The van der Waals surface area contributed by atoms with E-state index in [1.165, 1.54) is 4.90 Å². The summed E-state index contributed by atoms with van der Waals surface area (Å²) >= 11 is 1.57. The lowest BCUT2D eigenvalue weighted by Gasteiger charge is -2.38. The molecular weight excluding hydrogens is 1050 g/mol. The average molecular weight is 1130 g/mol. The quantitative estimate of drug-likeness (QED) is 0.0387. The van der Waals surface area contributed by atoms with E-state index < -0.39 is 71.3 Å². The first-order valence-corrected chi connectivity index (χ1v) is 29.8. The van der Waals surface area contributed by atoms with Gasteiger partial charge in [0.25, 0.3) is 0 Å². The van der Waals surface area contributed by atoms with E-state index in [0.717, 1.165) is 64.9 Å². The number of benzene rings is 3. The van der Waals surface area contributed by atoms with Gasteiger partial charge in [-0.15, -0.1) is 11.3 Å². The highest BCUT2D eigenvalue weighted by Crippen LogP contribution is 2.33.